The molecule has 45 valence electrons. The van der Waals surface area contributed by atoms with Gasteiger partial charge >= 0.3 is 6.47 Å². The lowest BCUT2D eigenvalue weighted by Crippen LogP contribution is -2.19. The molecule has 0 aliphatic heterocycles. The van der Waals surface area contributed by atoms with E-state index in [4.69, 9.17) is 0 Å². The van der Waals surface area contributed by atoms with Crippen LogP contribution in [0.15, 0.2) is 12.7 Å². The molecular formula is C6H9O2. The Morgan fingerprint density at radius 2 is 2.25 bits per heavy atom. The Hall–Kier alpha value is -0.790. The molecule has 0 fully saturated rings. The molecular weight excluding hydrogens is 104 g/mol. The van der Waals surface area contributed by atoms with Gasteiger partial charge in [0.05, 0.1) is 0 Å². The maximum atomic E-state index is 9.58. The standard InChI is InChI=1S/C6H9O2/c1-4-6(2,3)8-5-7/h4H,1H2,2-3H3. The Morgan fingerprint density at radius 1 is 1.75 bits per heavy atom. The molecule has 0 aromatic rings. The highest BCUT2D eigenvalue weighted by atomic mass is 16.5. The van der Waals surface area contributed by atoms with Crippen molar-refractivity contribution in [1.82, 2.24) is 0 Å². The van der Waals surface area contributed by atoms with Crippen molar-refractivity contribution in [3.05, 3.63) is 12.7 Å². The summed E-state index contributed by atoms with van der Waals surface area (Å²) in [5.41, 5.74) is -0.568. The van der Waals surface area contributed by atoms with Crippen LogP contribution in [0, 0.1) is 0 Å². The first-order chi connectivity index (χ1) is 3.62. The van der Waals surface area contributed by atoms with Crippen molar-refractivity contribution in [2.45, 2.75) is 19.4 Å². The number of ether oxygens (including phenoxy) is 1. The molecule has 0 saturated heterocycles. The summed E-state index contributed by atoms with van der Waals surface area (Å²) in [5.74, 6) is 0. The Bertz CT molecular complexity index is 94.7. The summed E-state index contributed by atoms with van der Waals surface area (Å²) < 4.78 is 4.45. The fraction of sp³-hybridized carbons (Fsp3) is 0.500. The first-order valence-corrected chi connectivity index (χ1v) is 2.31. The van der Waals surface area contributed by atoms with Crippen molar-refractivity contribution in [1.29, 1.82) is 0 Å². The second kappa shape index (κ2) is 2.50. The second-order valence-electron chi connectivity index (χ2n) is 1.99. The Labute approximate surface area is 49.1 Å². The van der Waals surface area contributed by atoms with Crippen LogP contribution in [0.2, 0.25) is 0 Å². The Balaban J connectivity index is 3.70. The summed E-state index contributed by atoms with van der Waals surface area (Å²) in [5, 5.41) is 0. The molecule has 0 unspecified atom stereocenters. The number of hydrogen-bond acceptors (Lipinski definition) is 2. The molecule has 0 aromatic carbocycles. The van der Waals surface area contributed by atoms with Crippen molar-refractivity contribution in [2.24, 2.45) is 0 Å². The van der Waals surface area contributed by atoms with Gasteiger partial charge < -0.3 is 4.74 Å². The Kier molecular flexibility index (Phi) is 2.25. The fourth-order valence-corrected chi connectivity index (χ4v) is 0.149. The summed E-state index contributed by atoms with van der Waals surface area (Å²) in [7, 11) is 0. The molecule has 0 saturated carbocycles. The maximum absolute atomic E-state index is 9.58. The third-order valence-corrected chi connectivity index (χ3v) is 0.796. The zero-order chi connectivity index (χ0) is 6.62. The van der Waals surface area contributed by atoms with Crippen LogP contribution < -0.4 is 0 Å². The van der Waals surface area contributed by atoms with E-state index in [0.29, 0.717) is 0 Å². The lowest BCUT2D eigenvalue weighted by molar-refractivity contribution is 0.139. The van der Waals surface area contributed by atoms with Crippen molar-refractivity contribution in [3.63, 3.8) is 0 Å². The Morgan fingerprint density at radius 3 is 2.38 bits per heavy atom. The van der Waals surface area contributed by atoms with Crippen molar-refractivity contribution in [2.75, 3.05) is 0 Å². The van der Waals surface area contributed by atoms with E-state index in [9.17, 15) is 4.79 Å². The van der Waals surface area contributed by atoms with Crippen LogP contribution in [0.4, 0.5) is 0 Å². The number of hydrogen-bond donors (Lipinski definition) is 0. The molecule has 0 aliphatic rings. The number of carbonyl (C=O) groups excluding carboxylic acids is 1. The maximum Gasteiger partial charge on any atom is 0.418 e. The van der Waals surface area contributed by atoms with Gasteiger partial charge in [0.1, 0.15) is 5.60 Å². The lowest BCUT2D eigenvalue weighted by atomic mass is 10.1. The van der Waals surface area contributed by atoms with Crippen LogP contribution in [-0.2, 0) is 9.53 Å². The summed E-state index contributed by atoms with van der Waals surface area (Å²) >= 11 is 0. The van der Waals surface area contributed by atoms with E-state index in [1.165, 1.54) is 12.5 Å². The van der Waals surface area contributed by atoms with Crippen LogP contribution >= 0.6 is 0 Å². The summed E-state index contributed by atoms with van der Waals surface area (Å²) in [4.78, 5) is 9.58. The van der Waals surface area contributed by atoms with E-state index in [1.54, 1.807) is 13.8 Å². The largest absolute Gasteiger partial charge is 0.447 e. The normalized spacial score (nSPS) is 10.2. The molecule has 1 radical (unpaired) electrons. The van der Waals surface area contributed by atoms with Gasteiger partial charge in [0.25, 0.3) is 0 Å². The van der Waals surface area contributed by atoms with Gasteiger partial charge in [0.2, 0.25) is 0 Å². The molecule has 8 heavy (non-hydrogen) atoms. The van der Waals surface area contributed by atoms with E-state index in [2.05, 4.69) is 11.3 Å². The second-order valence-corrected chi connectivity index (χ2v) is 1.99. The molecule has 0 aliphatic carbocycles. The molecule has 2 nitrogen and oxygen atoms in total. The third kappa shape index (κ3) is 2.39. The van der Waals surface area contributed by atoms with E-state index >= 15 is 0 Å². The zero-order valence-corrected chi connectivity index (χ0v) is 5.10. The van der Waals surface area contributed by atoms with Gasteiger partial charge in [-0.15, -0.1) is 0 Å². The summed E-state index contributed by atoms with van der Waals surface area (Å²) in [6.07, 6.45) is 1.54. The molecule has 0 heterocycles. The molecule has 0 spiro atoms. The average molecular weight is 113 g/mol. The van der Waals surface area contributed by atoms with Gasteiger partial charge in [-0.05, 0) is 19.9 Å². The summed E-state index contributed by atoms with van der Waals surface area (Å²) in [6.45, 7) is 8.24. The molecule has 2 heteroatoms. The highest BCUT2D eigenvalue weighted by Gasteiger charge is 2.11. The van der Waals surface area contributed by atoms with Gasteiger partial charge in [-0.25, -0.2) is 4.79 Å². The third-order valence-electron chi connectivity index (χ3n) is 0.796. The SMILES string of the molecule is C=CC(C)(C)O[C]=O. The minimum absolute atomic E-state index is 0.568. The van der Waals surface area contributed by atoms with Crippen LogP contribution in [0.3, 0.4) is 0 Å². The average Bonchev–Trinajstić information content (AvgIpc) is 1.67. The minimum atomic E-state index is -0.568. The van der Waals surface area contributed by atoms with Gasteiger partial charge in [-0.1, -0.05) is 6.58 Å². The fourth-order valence-electron chi connectivity index (χ4n) is 0.149. The molecule has 0 amide bonds. The first-order valence-electron chi connectivity index (χ1n) is 2.31. The van der Waals surface area contributed by atoms with E-state index in [-0.39, 0.29) is 0 Å². The van der Waals surface area contributed by atoms with Crippen LogP contribution in [-0.4, -0.2) is 12.1 Å². The van der Waals surface area contributed by atoms with Gasteiger partial charge in [-0.3, -0.25) is 0 Å². The van der Waals surface area contributed by atoms with Crippen LogP contribution in [0.1, 0.15) is 13.8 Å². The van der Waals surface area contributed by atoms with E-state index in [0.717, 1.165) is 0 Å². The monoisotopic (exact) mass is 113 g/mol. The highest BCUT2D eigenvalue weighted by Crippen LogP contribution is 2.06. The zero-order valence-electron chi connectivity index (χ0n) is 5.10. The molecule has 0 N–H and O–H groups in total. The topological polar surface area (TPSA) is 26.3 Å². The molecule has 0 atom stereocenters. The lowest BCUT2D eigenvalue weighted by Gasteiger charge is -2.14. The predicted molar refractivity (Wildman–Crippen MR) is 31.1 cm³/mol. The highest BCUT2D eigenvalue weighted by molar-refractivity contribution is 5.39. The minimum Gasteiger partial charge on any atom is -0.447 e. The predicted octanol–water partition coefficient (Wildman–Crippen LogP) is 1.03. The quantitative estimate of drug-likeness (QED) is 0.511. The summed E-state index contributed by atoms with van der Waals surface area (Å²) in [6, 6.07) is 0. The molecule has 0 rings (SSSR count). The smallest absolute Gasteiger partial charge is 0.418 e. The van der Waals surface area contributed by atoms with Gasteiger partial charge in [0, 0.05) is 0 Å². The van der Waals surface area contributed by atoms with Crippen LogP contribution in [0.5, 0.6) is 0 Å². The molecule has 0 bridgehead atoms. The van der Waals surface area contributed by atoms with Gasteiger partial charge in [0.15, 0.2) is 0 Å². The van der Waals surface area contributed by atoms with E-state index < -0.39 is 5.60 Å². The van der Waals surface area contributed by atoms with Crippen molar-refractivity contribution in [3.8, 4) is 0 Å². The van der Waals surface area contributed by atoms with Crippen LogP contribution in [0.25, 0.3) is 0 Å². The van der Waals surface area contributed by atoms with Gasteiger partial charge in [-0.2, -0.15) is 0 Å². The van der Waals surface area contributed by atoms with Crippen molar-refractivity contribution < 1.29 is 9.53 Å². The molecule has 0 aromatic heterocycles. The first kappa shape index (κ1) is 7.21. The number of rotatable bonds is 3. The van der Waals surface area contributed by atoms with E-state index in [1.807, 2.05) is 0 Å². The van der Waals surface area contributed by atoms with Crippen molar-refractivity contribution >= 4 is 6.47 Å².